The van der Waals surface area contributed by atoms with Gasteiger partial charge in [-0.05, 0) is 80.6 Å². The highest BCUT2D eigenvalue weighted by Crippen LogP contribution is 2.27. The highest BCUT2D eigenvalue weighted by molar-refractivity contribution is 6.30. The Labute approximate surface area is 239 Å². The number of halogens is 1. The van der Waals surface area contributed by atoms with Crippen molar-refractivity contribution in [2.75, 3.05) is 25.0 Å². The summed E-state index contributed by atoms with van der Waals surface area (Å²) in [6, 6.07) is 20.9. The van der Waals surface area contributed by atoms with Crippen molar-refractivity contribution in [2.45, 2.75) is 39.7 Å². The van der Waals surface area contributed by atoms with Crippen molar-refractivity contribution in [3.63, 3.8) is 0 Å². The van der Waals surface area contributed by atoms with Crippen LogP contribution in [0, 0.1) is 20.8 Å². The number of benzene rings is 3. The van der Waals surface area contributed by atoms with Crippen LogP contribution in [0.15, 0.2) is 72.9 Å². The second-order valence-electron chi connectivity index (χ2n) is 10.3. The Hall–Kier alpha value is -3.94. The summed E-state index contributed by atoms with van der Waals surface area (Å²) in [6.07, 6.45) is 3.62. The lowest BCUT2D eigenvalue weighted by Crippen LogP contribution is -2.42. The number of aromatic nitrogens is 2. The number of ether oxygens (including phenoxy) is 1. The molecule has 1 aromatic heterocycles. The van der Waals surface area contributed by atoms with Crippen LogP contribution in [0.2, 0.25) is 5.02 Å². The number of carbonyl (C=O) groups is 2. The van der Waals surface area contributed by atoms with Crippen LogP contribution < -0.4 is 5.32 Å². The minimum absolute atomic E-state index is 0.0882. The molecule has 0 saturated carbocycles. The molecule has 7 nitrogen and oxygen atoms in total. The summed E-state index contributed by atoms with van der Waals surface area (Å²) in [5, 5.41) is 3.61. The van der Waals surface area contributed by atoms with Crippen LogP contribution >= 0.6 is 11.6 Å². The molecule has 206 valence electrons. The van der Waals surface area contributed by atoms with Crippen molar-refractivity contribution in [1.29, 1.82) is 0 Å². The maximum Gasteiger partial charge on any atom is 0.254 e. The first kappa shape index (κ1) is 27.6. The fourth-order valence-electron chi connectivity index (χ4n) is 4.87. The molecule has 8 heteroatoms. The third-order valence-electron chi connectivity index (χ3n) is 7.31. The lowest BCUT2D eigenvalue weighted by Gasteiger charge is -2.25. The number of aryl methyl sites for hydroxylation is 3. The highest BCUT2D eigenvalue weighted by atomic mass is 35.5. The standard InChI is InChI=1S/C32H33ClN4O3/c1-21-10-15-26(17-23(21)3)37-19-29(24-11-13-25(33)14-12-24)34-32(37)35-30(38)20-36(18-27-8-6-16-40-27)31(39)28-9-5-4-7-22(28)2/h4-5,7,9-15,17,19,27H,6,8,16,18,20H2,1-3H3,(H,34,35,38)/t27-/m0/s1. The number of carbonyl (C=O) groups excluding carboxylic acids is 2. The van der Waals surface area contributed by atoms with Crippen molar-refractivity contribution in [2.24, 2.45) is 0 Å². The maximum atomic E-state index is 13.6. The van der Waals surface area contributed by atoms with Gasteiger partial charge in [0.15, 0.2) is 0 Å². The molecule has 0 aliphatic carbocycles. The van der Waals surface area contributed by atoms with Gasteiger partial charge >= 0.3 is 0 Å². The first-order valence-electron chi connectivity index (χ1n) is 13.5. The maximum absolute atomic E-state index is 13.6. The topological polar surface area (TPSA) is 76.5 Å². The molecule has 1 aliphatic heterocycles. The van der Waals surface area contributed by atoms with Crippen LogP contribution in [0.1, 0.15) is 39.9 Å². The van der Waals surface area contributed by atoms with Crippen LogP contribution in [0.5, 0.6) is 0 Å². The first-order chi connectivity index (χ1) is 19.3. The molecule has 0 bridgehead atoms. The summed E-state index contributed by atoms with van der Waals surface area (Å²) in [5.74, 6) is -0.153. The third kappa shape index (κ3) is 6.27. The zero-order valence-electron chi connectivity index (χ0n) is 23.0. The molecule has 1 saturated heterocycles. The van der Waals surface area contributed by atoms with E-state index in [1.807, 2.05) is 79.2 Å². The Balaban J connectivity index is 1.44. The Morgan fingerprint density at radius 2 is 1.80 bits per heavy atom. The van der Waals surface area contributed by atoms with Crippen LogP contribution in [0.25, 0.3) is 16.9 Å². The first-order valence-corrected chi connectivity index (χ1v) is 13.9. The molecule has 2 heterocycles. The van der Waals surface area contributed by atoms with Gasteiger partial charge in [-0.2, -0.15) is 0 Å². The Kier molecular flexibility index (Phi) is 8.33. The number of nitrogens with one attached hydrogen (secondary N) is 1. The van der Waals surface area contributed by atoms with E-state index in [1.54, 1.807) is 11.0 Å². The van der Waals surface area contributed by atoms with Gasteiger partial charge in [-0.15, -0.1) is 0 Å². The van der Waals surface area contributed by atoms with E-state index in [9.17, 15) is 9.59 Å². The minimum atomic E-state index is -0.335. The molecule has 1 aliphatic rings. The van der Waals surface area contributed by atoms with Gasteiger partial charge in [0, 0.05) is 41.2 Å². The van der Waals surface area contributed by atoms with Gasteiger partial charge in [-0.1, -0.05) is 48.0 Å². The molecule has 1 atom stereocenters. The molecule has 40 heavy (non-hydrogen) atoms. The Morgan fingerprint density at radius 3 is 2.50 bits per heavy atom. The van der Waals surface area contributed by atoms with E-state index in [0.29, 0.717) is 35.4 Å². The van der Waals surface area contributed by atoms with Crippen molar-refractivity contribution in [3.8, 4) is 16.9 Å². The molecular weight excluding hydrogens is 524 g/mol. The van der Waals surface area contributed by atoms with E-state index in [0.717, 1.165) is 35.2 Å². The number of rotatable bonds is 8. The SMILES string of the molecule is Cc1ccc(-n2cc(-c3ccc(Cl)cc3)nc2NC(=O)CN(C[C@@H]2CCCO2)C(=O)c2ccccc2C)cc1C. The van der Waals surface area contributed by atoms with Gasteiger partial charge in [-0.25, -0.2) is 4.98 Å². The third-order valence-corrected chi connectivity index (χ3v) is 7.56. The van der Waals surface area contributed by atoms with E-state index in [2.05, 4.69) is 18.3 Å². The molecule has 0 spiro atoms. The molecular formula is C32H33ClN4O3. The zero-order chi connectivity index (χ0) is 28.2. The fourth-order valence-corrected chi connectivity index (χ4v) is 5.00. The normalized spacial score (nSPS) is 14.8. The zero-order valence-corrected chi connectivity index (χ0v) is 23.7. The van der Waals surface area contributed by atoms with Crippen molar-refractivity contribution in [3.05, 3.63) is 100 Å². The quantitative estimate of drug-likeness (QED) is 0.273. The average molecular weight is 557 g/mol. The van der Waals surface area contributed by atoms with E-state index in [1.165, 1.54) is 5.56 Å². The van der Waals surface area contributed by atoms with Gasteiger partial charge in [0.05, 0.1) is 11.8 Å². The van der Waals surface area contributed by atoms with Crippen LogP contribution in [-0.4, -0.2) is 52.1 Å². The molecule has 4 aromatic rings. The number of nitrogens with zero attached hydrogens (tertiary/aromatic N) is 3. The Bertz CT molecular complexity index is 1520. The predicted molar refractivity (Wildman–Crippen MR) is 158 cm³/mol. The average Bonchev–Trinajstić information content (AvgIpc) is 3.60. The van der Waals surface area contributed by atoms with Gasteiger partial charge in [0.1, 0.15) is 6.54 Å². The second kappa shape index (κ2) is 12.1. The van der Waals surface area contributed by atoms with E-state index in [-0.39, 0.29) is 24.5 Å². The monoisotopic (exact) mass is 556 g/mol. The predicted octanol–water partition coefficient (Wildman–Crippen LogP) is 6.38. The Morgan fingerprint density at radius 1 is 1.02 bits per heavy atom. The lowest BCUT2D eigenvalue weighted by atomic mass is 10.1. The van der Waals surface area contributed by atoms with Crippen LogP contribution in [0.4, 0.5) is 5.95 Å². The smallest absolute Gasteiger partial charge is 0.254 e. The summed E-state index contributed by atoms with van der Waals surface area (Å²) in [6.45, 7) is 6.91. The molecule has 3 aromatic carbocycles. The summed E-state index contributed by atoms with van der Waals surface area (Å²) in [7, 11) is 0. The molecule has 1 fully saturated rings. The second-order valence-corrected chi connectivity index (χ2v) is 10.7. The molecule has 2 amide bonds. The van der Waals surface area contributed by atoms with Gasteiger partial charge in [0.2, 0.25) is 11.9 Å². The molecule has 1 N–H and O–H groups in total. The summed E-state index contributed by atoms with van der Waals surface area (Å²) in [5.41, 5.74) is 6.18. The summed E-state index contributed by atoms with van der Waals surface area (Å²) >= 11 is 6.10. The molecule has 0 unspecified atom stereocenters. The number of imidazole rings is 1. The van der Waals surface area contributed by atoms with Gasteiger partial charge in [-0.3, -0.25) is 19.5 Å². The largest absolute Gasteiger partial charge is 0.376 e. The number of hydrogen-bond acceptors (Lipinski definition) is 4. The van der Waals surface area contributed by atoms with E-state index >= 15 is 0 Å². The fraction of sp³-hybridized carbons (Fsp3) is 0.281. The lowest BCUT2D eigenvalue weighted by molar-refractivity contribution is -0.117. The minimum Gasteiger partial charge on any atom is -0.376 e. The van der Waals surface area contributed by atoms with Gasteiger partial charge in [0.25, 0.3) is 5.91 Å². The molecule has 0 radical (unpaired) electrons. The van der Waals surface area contributed by atoms with Gasteiger partial charge < -0.3 is 9.64 Å². The van der Waals surface area contributed by atoms with Crippen molar-refractivity contribution >= 4 is 29.4 Å². The number of anilines is 1. The van der Waals surface area contributed by atoms with Crippen molar-refractivity contribution in [1.82, 2.24) is 14.5 Å². The molecule has 5 rings (SSSR count). The number of hydrogen-bond donors (Lipinski definition) is 1. The highest BCUT2D eigenvalue weighted by Gasteiger charge is 2.26. The summed E-state index contributed by atoms with van der Waals surface area (Å²) < 4.78 is 7.67. The van der Waals surface area contributed by atoms with E-state index in [4.69, 9.17) is 21.3 Å². The van der Waals surface area contributed by atoms with Crippen LogP contribution in [0.3, 0.4) is 0 Å². The summed E-state index contributed by atoms with van der Waals surface area (Å²) in [4.78, 5) is 33.4. The van der Waals surface area contributed by atoms with Crippen LogP contribution in [-0.2, 0) is 9.53 Å². The van der Waals surface area contributed by atoms with E-state index < -0.39 is 0 Å². The number of amides is 2. The van der Waals surface area contributed by atoms with Crippen molar-refractivity contribution < 1.29 is 14.3 Å².